The molecule has 3 heterocycles. The SMILES string of the molecule is CCc1ncc(NC(=O)C(=O)N2CC[C@H](C)C[C@@H]2c2ccco2)cn1. The van der Waals surface area contributed by atoms with Crippen molar-refractivity contribution in [3.05, 3.63) is 42.4 Å². The highest BCUT2D eigenvalue weighted by molar-refractivity contribution is 6.39. The lowest BCUT2D eigenvalue weighted by Crippen LogP contribution is -2.45. The van der Waals surface area contributed by atoms with E-state index < -0.39 is 11.8 Å². The van der Waals surface area contributed by atoms with Crippen LogP contribution in [0.5, 0.6) is 0 Å². The number of rotatable bonds is 3. The van der Waals surface area contributed by atoms with Crippen LogP contribution in [0.25, 0.3) is 0 Å². The van der Waals surface area contributed by atoms with E-state index >= 15 is 0 Å². The Morgan fingerprint density at radius 3 is 2.76 bits per heavy atom. The molecular weight excluding hydrogens is 320 g/mol. The lowest BCUT2D eigenvalue weighted by molar-refractivity contribution is -0.146. The van der Waals surface area contributed by atoms with E-state index in [1.54, 1.807) is 17.2 Å². The number of piperidine rings is 1. The van der Waals surface area contributed by atoms with Crippen molar-refractivity contribution < 1.29 is 14.0 Å². The molecule has 132 valence electrons. The Bertz CT molecular complexity index is 727. The number of aryl methyl sites for hydroxylation is 1. The van der Waals surface area contributed by atoms with Gasteiger partial charge in [-0.15, -0.1) is 0 Å². The molecule has 0 spiro atoms. The van der Waals surface area contributed by atoms with Gasteiger partial charge in [0.15, 0.2) is 0 Å². The minimum absolute atomic E-state index is 0.212. The zero-order chi connectivity index (χ0) is 17.8. The predicted molar refractivity (Wildman–Crippen MR) is 91.6 cm³/mol. The lowest BCUT2D eigenvalue weighted by Gasteiger charge is -2.36. The first-order chi connectivity index (χ1) is 12.1. The number of amides is 2. The maximum Gasteiger partial charge on any atom is 0.314 e. The summed E-state index contributed by atoms with van der Waals surface area (Å²) in [5.74, 6) is 0.625. The van der Waals surface area contributed by atoms with Gasteiger partial charge in [-0.2, -0.15) is 0 Å². The van der Waals surface area contributed by atoms with Crippen LogP contribution in [0, 0.1) is 5.92 Å². The van der Waals surface area contributed by atoms with Crippen molar-refractivity contribution in [1.82, 2.24) is 14.9 Å². The van der Waals surface area contributed by atoms with Crippen molar-refractivity contribution in [1.29, 1.82) is 0 Å². The van der Waals surface area contributed by atoms with Gasteiger partial charge < -0.3 is 14.6 Å². The number of nitrogens with one attached hydrogen (secondary N) is 1. The first-order valence-electron chi connectivity index (χ1n) is 8.54. The molecule has 0 unspecified atom stereocenters. The number of carbonyl (C=O) groups is 2. The Labute approximate surface area is 146 Å². The van der Waals surface area contributed by atoms with Crippen LogP contribution in [0.15, 0.2) is 35.2 Å². The van der Waals surface area contributed by atoms with Gasteiger partial charge >= 0.3 is 11.8 Å². The van der Waals surface area contributed by atoms with Crippen LogP contribution in [-0.2, 0) is 16.0 Å². The van der Waals surface area contributed by atoms with E-state index in [0.717, 1.165) is 12.8 Å². The fourth-order valence-electron chi connectivity index (χ4n) is 3.05. The standard InChI is InChI=1S/C18H22N4O3/c1-3-16-19-10-13(11-20-16)21-17(23)18(24)22-7-6-12(2)9-14(22)15-5-4-8-25-15/h4-5,8,10-12,14H,3,6-7,9H2,1-2H3,(H,21,23)/t12-,14+/m0/s1. The van der Waals surface area contributed by atoms with Crippen LogP contribution in [0.1, 0.15) is 44.3 Å². The van der Waals surface area contributed by atoms with E-state index in [9.17, 15) is 9.59 Å². The van der Waals surface area contributed by atoms with E-state index in [4.69, 9.17) is 4.42 Å². The normalized spacial score (nSPS) is 20.3. The Hall–Kier alpha value is -2.70. The molecule has 2 amide bonds. The van der Waals surface area contributed by atoms with Crippen molar-refractivity contribution >= 4 is 17.5 Å². The summed E-state index contributed by atoms with van der Waals surface area (Å²) in [6.07, 6.45) is 6.97. The number of hydrogen-bond donors (Lipinski definition) is 1. The number of hydrogen-bond acceptors (Lipinski definition) is 5. The van der Waals surface area contributed by atoms with E-state index in [1.165, 1.54) is 12.4 Å². The van der Waals surface area contributed by atoms with Crippen molar-refractivity contribution in [2.24, 2.45) is 5.92 Å². The first-order valence-corrected chi connectivity index (χ1v) is 8.54. The maximum absolute atomic E-state index is 12.7. The number of carbonyl (C=O) groups excluding carboxylic acids is 2. The third kappa shape index (κ3) is 3.87. The van der Waals surface area contributed by atoms with Crippen molar-refractivity contribution in [3.8, 4) is 0 Å². The van der Waals surface area contributed by atoms with Gasteiger partial charge in [0, 0.05) is 13.0 Å². The molecule has 0 radical (unpaired) electrons. The molecule has 3 rings (SSSR count). The highest BCUT2D eigenvalue weighted by Gasteiger charge is 2.35. The third-order valence-electron chi connectivity index (χ3n) is 4.47. The molecule has 0 aliphatic carbocycles. The molecule has 1 fully saturated rings. The number of nitrogens with zero attached hydrogens (tertiary/aromatic N) is 3. The van der Waals surface area contributed by atoms with Crippen molar-refractivity contribution in [2.45, 2.75) is 39.2 Å². The molecule has 7 nitrogen and oxygen atoms in total. The van der Waals surface area contributed by atoms with E-state index in [2.05, 4.69) is 22.2 Å². The van der Waals surface area contributed by atoms with Gasteiger partial charge in [-0.3, -0.25) is 9.59 Å². The van der Waals surface area contributed by atoms with Gasteiger partial charge in [0.2, 0.25) is 0 Å². The first kappa shape index (κ1) is 17.1. The topological polar surface area (TPSA) is 88.3 Å². The summed E-state index contributed by atoms with van der Waals surface area (Å²) < 4.78 is 5.48. The Morgan fingerprint density at radius 1 is 1.36 bits per heavy atom. The minimum Gasteiger partial charge on any atom is -0.467 e. The largest absolute Gasteiger partial charge is 0.467 e. The molecule has 25 heavy (non-hydrogen) atoms. The van der Waals surface area contributed by atoms with Gasteiger partial charge in [0.05, 0.1) is 30.4 Å². The molecular formula is C18H22N4O3. The lowest BCUT2D eigenvalue weighted by atomic mass is 9.91. The molecule has 1 saturated heterocycles. The molecule has 2 atom stereocenters. The predicted octanol–water partition coefficient (Wildman–Crippen LogP) is 2.57. The van der Waals surface area contributed by atoms with Crippen LogP contribution in [0.3, 0.4) is 0 Å². The smallest absolute Gasteiger partial charge is 0.314 e. The van der Waals surface area contributed by atoms with Crippen LogP contribution in [0.4, 0.5) is 5.69 Å². The summed E-state index contributed by atoms with van der Waals surface area (Å²) in [7, 11) is 0. The fraction of sp³-hybridized carbons (Fsp3) is 0.444. The second-order valence-electron chi connectivity index (χ2n) is 6.35. The Morgan fingerprint density at radius 2 is 2.12 bits per heavy atom. The zero-order valence-corrected chi connectivity index (χ0v) is 14.4. The highest BCUT2D eigenvalue weighted by Crippen LogP contribution is 2.34. The second-order valence-corrected chi connectivity index (χ2v) is 6.35. The average Bonchev–Trinajstić information content (AvgIpc) is 3.16. The number of likely N-dealkylation sites (tertiary alicyclic amines) is 1. The quantitative estimate of drug-likeness (QED) is 0.866. The summed E-state index contributed by atoms with van der Waals surface area (Å²) in [6.45, 7) is 4.62. The van der Waals surface area contributed by atoms with E-state index in [0.29, 0.717) is 36.2 Å². The van der Waals surface area contributed by atoms with Crippen LogP contribution < -0.4 is 5.32 Å². The highest BCUT2D eigenvalue weighted by atomic mass is 16.3. The fourth-order valence-corrected chi connectivity index (χ4v) is 3.05. The van der Waals surface area contributed by atoms with Gasteiger partial charge in [0.25, 0.3) is 0 Å². The molecule has 1 aliphatic heterocycles. The molecule has 1 aliphatic rings. The van der Waals surface area contributed by atoms with Gasteiger partial charge in [0.1, 0.15) is 11.6 Å². The van der Waals surface area contributed by atoms with E-state index in [-0.39, 0.29) is 6.04 Å². The van der Waals surface area contributed by atoms with Crippen LogP contribution in [0.2, 0.25) is 0 Å². The summed E-state index contributed by atoms with van der Waals surface area (Å²) in [4.78, 5) is 34.9. The monoisotopic (exact) mass is 342 g/mol. The third-order valence-corrected chi connectivity index (χ3v) is 4.47. The molecule has 7 heteroatoms. The van der Waals surface area contributed by atoms with Crippen LogP contribution in [-0.4, -0.2) is 33.2 Å². The number of furan rings is 1. The van der Waals surface area contributed by atoms with Crippen molar-refractivity contribution in [3.63, 3.8) is 0 Å². The molecule has 2 aromatic heterocycles. The summed E-state index contributed by atoms with van der Waals surface area (Å²) in [5, 5.41) is 2.58. The van der Waals surface area contributed by atoms with Crippen LogP contribution >= 0.6 is 0 Å². The second kappa shape index (κ2) is 7.46. The molecule has 0 aromatic carbocycles. The van der Waals surface area contributed by atoms with E-state index in [1.807, 2.05) is 13.0 Å². The van der Waals surface area contributed by atoms with Gasteiger partial charge in [-0.05, 0) is 30.9 Å². The maximum atomic E-state index is 12.7. The van der Waals surface area contributed by atoms with Gasteiger partial charge in [-0.1, -0.05) is 13.8 Å². The molecule has 0 bridgehead atoms. The number of aromatic nitrogens is 2. The molecule has 2 aromatic rings. The minimum atomic E-state index is -0.682. The molecule has 0 saturated carbocycles. The summed E-state index contributed by atoms with van der Waals surface area (Å²) >= 11 is 0. The summed E-state index contributed by atoms with van der Waals surface area (Å²) in [6, 6.07) is 3.43. The Kier molecular flexibility index (Phi) is 5.11. The number of anilines is 1. The van der Waals surface area contributed by atoms with Crippen molar-refractivity contribution in [2.75, 3.05) is 11.9 Å². The Balaban J connectivity index is 1.72. The zero-order valence-electron chi connectivity index (χ0n) is 14.4. The summed E-state index contributed by atoms with van der Waals surface area (Å²) in [5.41, 5.74) is 0.412. The average molecular weight is 342 g/mol. The van der Waals surface area contributed by atoms with Gasteiger partial charge in [-0.25, -0.2) is 9.97 Å². The molecule has 1 N–H and O–H groups in total.